The Morgan fingerprint density at radius 3 is 3.25 bits per heavy atom. The second kappa shape index (κ2) is 4.84. The van der Waals surface area contributed by atoms with Crippen molar-refractivity contribution < 1.29 is 0 Å². The van der Waals surface area contributed by atoms with E-state index in [-0.39, 0.29) is 6.29 Å². The van der Waals surface area contributed by atoms with E-state index in [9.17, 15) is 0 Å². The zero-order chi connectivity index (χ0) is 8.81. The summed E-state index contributed by atoms with van der Waals surface area (Å²) < 4.78 is 0. The van der Waals surface area contributed by atoms with E-state index in [1.165, 1.54) is 0 Å². The number of aliphatic imine (C=N–C) groups is 2. The van der Waals surface area contributed by atoms with Gasteiger partial charge in [0.15, 0.2) is 6.29 Å². The molecule has 0 saturated heterocycles. The Labute approximate surface area is 72.2 Å². The second-order valence-corrected chi connectivity index (χ2v) is 2.61. The van der Waals surface area contributed by atoms with Gasteiger partial charge in [0.05, 0.1) is 6.34 Å². The van der Waals surface area contributed by atoms with Crippen molar-refractivity contribution in [3.8, 4) is 0 Å². The van der Waals surface area contributed by atoms with Crippen molar-refractivity contribution in [1.82, 2.24) is 10.6 Å². The zero-order valence-corrected chi connectivity index (χ0v) is 7.25. The largest absolute Gasteiger partial charge is 0.335 e. The van der Waals surface area contributed by atoms with Gasteiger partial charge in [-0.25, -0.2) is 9.98 Å². The van der Waals surface area contributed by atoms with Crippen molar-refractivity contribution >= 4 is 12.2 Å². The number of amidine groups is 1. The lowest BCUT2D eigenvalue weighted by Gasteiger charge is -2.14. The van der Waals surface area contributed by atoms with E-state index in [0.29, 0.717) is 6.54 Å². The van der Waals surface area contributed by atoms with Crippen LogP contribution in [-0.4, -0.2) is 31.6 Å². The lowest BCUT2D eigenvalue weighted by atomic mass is 10.4. The van der Waals surface area contributed by atoms with Crippen molar-refractivity contribution in [2.75, 3.05) is 13.1 Å². The number of hydrogen-bond donors (Lipinski definition) is 3. The van der Waals surface area contributed by atoms with Crippen LogP contribution in [0.1, 0.15) is 13.3 Å². The topological polar surface area (TPSA) is 74.8 Å². The SMILES string of the molecule is CC1=NC(NCCCN)N=CN1. The summed E-state index contributed by atoms with van der Waals surface area (Å²) in [4.78, 5) is 8.29. The van der Waals surface area contributed by atoms with Crippen LogP contribution in [0.2, 0.25) is 0 Å². The molecule has 1 aliphatic rings. The van der Waals surface area contributed by atoms with Gasteiger partial charge in [-0.3, -0.25) is 5.32 Å². The Balaban J connectivity index is 2.23. The molecule has 0 spiro atoms. The van der Waals surface area contributed by atoms with E-state index in [1.54, 1.807) is 6.34 Å². The van der Waals surface area contributed by atoms with Crippen LogP contribution < -0.4 is 16.4 Å². The molecule has 5 nitrogen and oxygen atoms in total. The zero-order valence-electron chi connectivity index (χ0n) is 7.25. The first-order valence-electron chi connectivity index (χ1n) is 4.09. The molecule has 12 heavy (non-hydrogen) atoms. The average molecular weight is 169 g/mol. The fourth-order valence-electron chi connectivity index (χ4n) is 0.887. The van der Waals surface area contributed by atoms with E-state index in [4.69, 9.17) is 5.73 Å². The molecule has 0 saturated carbocycles. The monoisotopic (exact) mass is 169 g/mol. The molecule has 1 aliphatic heterocycles. The van der Waals surface area contributed by atoms with Crippen molar-refractivity contribution in [2.24, 2.45) is 15.7 Å². The molecule has 0 aromatic carbocycles. The highest BCUT2D eigenvalue weighted by Gasteiger charge is 2.05. The first-order valence-corrected chi connectivity index (χ1v) is 4.09. The Hall–Kier alpha value is -0.940. The fraction of sp³-hybridized carbons (Fsp3) is 0.714. The molecule has 0 fully saturated rings. The summed E-state index contributed by atoms with van der Waals surface area (Å²) in [5.41, 5.74) is 5.34. The highest BCUT2D eigenvalue weighted by molar-refractivity contribution is 5.91. The van der Waals surface area contributed by atoms with Crippen LogP contribution >= 0.6 is 0 Å². The highest BCUT2D eigenvalue weighted by Crippen LogP contribution is 1.92. The summed E-state index contributed by atoms with van der Waals surface area (Å²) in [6.07, 6.45) is 2.48. The number of rotatable bonds is 4. The van der Waals surface area contributed by atoms with Gasteiger partial charge in [0, 0.05) is 6.54 Å². The second-order valence-electron chi connectivity index (χ2n) is 2.61. The standard InChI is InChI=1S/C7H15N5/c1-6-10-5-11-7(12-6)9-4-2-3-8/h5,7,9H,2-4,8H2,1H3,(H,10,11,12). The molecule has 1 rings (SSSR count). The normalized spacial score (nSPS) is 21.8. The molecular weight excluding hydrogens is 154 g/mol. The molecule has 5 heteroatoms. The van der Waals surface area contributed by atoms with Gasteiger partial charge in [0.25, 0.3) is 0 Å². The van der Waals surface area contributed by atoms with Crippen molar-refractivity contribution in [3.05, 3.63) is 0 Å². The van der Waals surface area contributed by atoms with E-state index < -0.39 is 0 Å². The Kier molecular flexibility index (Phi) is 3.69. The predicted molar refractivity (Wildman–Crippen MR) is 50.2 cm³/mol. The van der Waals surface area contributed by atoms with Gasteiger partial charge >= 0.3 is 0 Å². The molecular formula is C7H15N5. The molecule has 1 atom stereocenters. The highest BCUT2D eigenvalue weighted by atomic mass is 15.3. The van der Waals surface area contributed by atoms with E-state index in [1.807, 2.05) is 6.92 Å². The minimum Gasteiger partial charge on any atom is -0.335 e. The first kappa shape index (κ1) is 9.15. The van der Waals surface area contributed by atoms with E-state index in [0.717, 1.165) is 18.8 Å². The van der Waals surface area contributed by atoms with E-state index >= 15 is 0 Å². The van der Waals surface area contributed by atoms with Gasteiger partial charge in [-0.1, -0.05) is 0 Å². The van der Waals surface area contributed by atoms with Gasteiger partial charge in [-0.05, 0) is 19.9 Å². The third-order valence-corrected chi connectivity index (χ3v) is 1.51. The fourth-order valence-corrected chi connectivity index (χ4v) is 0.887. The van der Waals surface area contributed by atoms with Crippen LogP contribution in [0.5, 0.6) is 0 Å². The van der Waals surface area contributed by atoms with Crippen LogP contribution in [0.25, 0.3) is 0 Å². The molecule has 0 amide bonds. The third-order valence-electron chi connectivity index (χ3n) is 1.51. The summed E-state index contributed by atoms with van der Waals surface area (Å²) >= 11 is 0. The maximum Gasteiger partial charge on any atom is 0.197 e. The molecule has 0 aromatic rings. The average Bonchev–Trinajstić information content (AvgIpc) is 2.05. The summed E-state index contributed by atoms with van der Waals surface area (Å²) in [7, 11) is 0. The maximum absolute atomic E-state index is 5.34. The lowest BCUT2D eigenvalue weighted by molar-refractivity contribution is 0.536. The van der Waals surface area contributed by atoms with Crippen molar-refractivity contribution in [3.63, 3.8) is 0 Å². The summed E-state index contributed by atoms with van der Waals surface area (Å²) in [6.45, 7) is 3.46. The smallest absolute Gasteiger partial charge is 0.197 e. The number of hydrogen-bond acceptors (Lipinski definition) is 5. The van der Waals surface area contributed by atoms with Gasteiger partial charge in [-0.2, -0.15) is 0 Å². The summed E-state index contributed by atoms with van der Waals surface area (Å²) in [5, 5.41) is 6.04. The Morgan fingerprint density at radius 2 is 2.58 bits per heavy atom. The van der Waals surface area contributed by atoms with Crippen LogP contribution in [0, 0.1) is 0 Å². The first-order chi connectivity index (χ1) is 5.83. The minimum absolute atomic E-state index is 0.127. The quantitative estimate of drug-likeness (QED) is 0.485. The molecule has 0 aliphatic carbocycles. The van der Waals surface area contributed by atoms with Crippen LogP contribution in [0.4, 0.5) is 0 Å². The Morgan fingerprint density at radius 1 is 1.75 bits per heavy atom. The molecule has 0 bridgehead atoms. The maximum atomic E-state index is 5.34. The molecule has 1 heterocycles. The third kappa shape index (κ3) is 2.98. The van der Waals surface area contributed by atoms with Gasteiger partial charge in [0.2, 0.25) is 0 Å². The minimum atomic E-state index is -0.127. The van der Waals surface area contributed by atoms with E-state index in [2.05, 4.69) is 20.6 Å². The summed E-state index contributed by atoms with van der Waals surface area (Å²) in [5.74, 6) is 0.884. The van der Waals surface area contributed by atoms with Gasteiger partial charge in [0.1, 0.15) is 5.84 Å². The van der Waals surface area contributed by atoms with Crippen LogP contribution in [-0.2, 0) is 0 Å². The molecule has 4 N–H and O–H groups in total. The lowest BCUT2D eigenvalue weighted by Crippen LogP contribution is -2.35. The van der Waals surface area contributed by atoms with Gasteiger partial charge in [-0.15, -0.1) is 0 Å². The molecule has 68 valence electrons. The van der Waals surface area contributed by atoms with Crippen molar-refractivity contribution in [1.29, 1.82) is 0 Å². The van der Waals surface area contributed by atoms with Crippen molar-refractivity contribution in [2.45, 2.75) is 19.6 Å². The number of nitrogens with zero attached hydrogens (tertiary/aromatic N) is 2. The summed E-state index contributed by atoms with van der Waals surface area (Å²) in [6, 6.07) is 0. The van der Waals surface area contributed by atoms with Gasteiger partial charge < -0.3 is 11.1 Å². The number of nitrogens with two attached hydrogens (primary N) is 1. The number of nitrogens with one attached hydrogen (secondary N) is 2. The Bertz CT molecular complexity index is 186. The predicted octanol–water partition coefficient (Wildman–Crippen LogP) is -0.742. The molecule has 0 aromatic heterocycles. The van der Waals surface area contributed by atoms with Crippen LogP contribution in [0.15, 0.2) is 9.98 Å². The molecule has 1 unspecified atom stereocenters. The molecule has 0 radical (unpaired) electrons. The van der Waals surface area contributed by atoms with Crippen LogP contribution in [0.3, 0.4) is 0 Å².